The predicted molar refractivity (Wildman–Crippen MR) is 86.8 cm³/mol. The van der Waals surface area contributed by atoms with E-state index in [9.17, 15) is 4.79 Å². The second-order valence-electron chi connectivity index (χ2n) is 4.72. The molecule has 1 amide bonds. The Morgan fingerprint density at radius 3 is 2.70 bits per heavy atom. The number of nitrogens with one attached hydrogen (secondary N) is 2. The lowest BCUT2D eigenvalue weighted by Crippen LogP contribution is -2.18. The van der Waals surface area contributed by atoms with E-state index in [0.717, 1.165) is 10.9 Å². The zero-order valence-electron chi connectivity index (χ0n) is 12.7. The van der Waals surface area contributed by atoms with E-state index in [1.54, 1.807) is 32.4 Å². The maximum absolute atomic E-state index is 11.6. The van der Waals surface area contributed by atoms with Crippen LogP contribution < -0.4 is 15.4 Å². The van der Waals surface area contributed by atoms with Crippen LogP contribution in [0.15, 0.2) is 42.7 Å². The fourth-order valence-corrected chi connectivity index (χ4v) is 2.06. The zero-order chi connectivity index (χ0) is 16.2. The minimum absolute atomic E-state index is 0.262. The van der Waals surface area contributed by atoms with Gasteiger partial charge in [-0.3, -0.25) is 9.78 Å². The van der Waals surface area contributed by atoms with Gasteiger partial charge < -0.3 is 15.4 Å². The van der Waals surface area contributed by atoms with Gasteiger partial charge in [-0.05, 0) is 24.3 Å². The number of carbonyl (C=O) groups is 1. The highest BCUT2D eigenvalue weighted by molar-refractivity contribution is 5.92. The molecule has 0 saturated heterocycles. The minimum Gasteiger partial charge on any atom is -0.457 e. The highest BCUT2D eigenvalue weighted by atomic mass is 16.5. The van der Waals surface area contributed by atoms with E-state index in [1.807, 2.05) is 18.2 Å². The highest BCUT2D eigenvalue weighted by Crippen LogP contribution is 2.25. The molecular formula is C16H15N5O2. The fraction of sp³-hybridized carbons (Fsp3) is 0.125. The van der Waals surface area contributed by atoms with Crippen LogP contribution in [0, 0.1) is 0 Å². The summed E-state index contributed by atoms with van der Waals surface area (Å²) in [5.74, 6) is 1.47. The average molecular weight is 309 g/mol. The zero-order valence-corrected chi connectivity index (χ0v) is 12.7. The van der Waals surface area contributed by atoms with E-state index in [0.29, 0.717) is 23.1 Å². The summed E-state index contributed by atoms with van der Waals surface area (Å²) in [5.41, 5.74) is 1.12. The molecule has 0 aliphatic heterocycles. The predicted octanol–water partition coefficient (Wildman–Crippen LogP) is 2.22. The molecule has 2 heterocycles. The molecule has 0 fully saturated rings. The summed E-state index contributed by atoms with van der Waals surface area (Å²) < 4.78 is 5.79. The quantitative estimate of drug-likeness (QED) is 0.768. The molecule has 2 N–H and O–H groups in total. The van der Waals surface area contributed by atoms with Crippen molar-refractivity contribution in [3.8, 4) is 11.5 Å². The number of nitrogens with zero attached hydrogens (tertiary/aromatic N) is 3. The lowest BCUT2D eigenvalue weighted by Gasteiger charge is -2.08. The number of rotatable bonds is 4. The van der Waals surface area contributed by atoms with Crippen molar-refractivity contribution in [2.24, 2.45) is 0 Å². The van der Waals surface area contributed by atoms with Gasteiger partial charge in [0.25, 0.3) is 5.91 Å². The molecule has 7 nitrogen and oxygen atoms in total. The second-order valence-corrected chi connectivity index (χ2v) is 4.72. The van der Waals surface area contributed by atoms with Crippen LogP contribution in [-0.2, 0) is 0 Å². The van der Waals surface area contributed by atoms with Crippen molar-refractivity contribution in [3.63, 3.8) is 0 Å². The third kappa shape index (κ3) is 3.18. The number of ether oxygens (including phenoxy) is 1. The van der Waals surface area contributed by atoms with Crippen LogP contribution in [0.3, 0.4) is 0 Å². The molecule has 0 unspecified atom stereocenters. The number of amides is 1. The number of aromatic nitrogens is 3. The molecule has 0 saturated carbocycles. The van der Waals surface area contributed by atoms with Crippen molar-refractivity contribution in [3.05, 3.63) is 48.4 Å². The number of benzene rings is 1. The maximum atomic E-state index is 11.6. The summed E-state index contributed by atoms with van der Waals surface area (Å²) >= 11 is 0. The lowest BCUT2D eigenvalue weighted by atomic mass is 10.2. The average Bonchev–Trinajstić information content (AvgIpc) is 2.60. The standard InChI is InChI=1S/C16H15N5O2/c1-17-15(22)14-8-12(5-6-19-14)23-11-3-4-13-10(7-11)9-20-16(18-2)21-13/h3-9H,1-2H3,(H,17,22)(H,18,20,21). The van der Waals surface area contributed by atoms with Crippen molar-refractivity contribution in [2.45, 2.75) is 0 Å². The molecular weight excluding hydrogens is 294 g/mol. The Labute approximate surface area is 132 Å². The SMILES string of the molecule is CNC(=O)c1cc(Oc2ccc3nc(NC)ncc3c2)ccn1. The van der Waals surface area contributed by atoms with Crippen LogP contribution in [0.25, 0.3) is 10.9 Å². The van der Waals surface area contributed by atoms with Gasteiger partial charge >= 0.3 is 0 Å². The number of anilines is 1. The molecule has 0 atom stereocenters. The van der Waals surface area contributed by atoms with Crippen LogP contribution in [0.5, 0.6) is 11.5 Å². The minimum atomic E-state index is -0.262. The fourth-order valence-electron chi connectivity index (χ4n) is 2.06. The van der Waals surface area contributed by atoms with Gasteiger partial charge in [-0.15, -0.1) is 0 Å². The van der Waals surface area contributed by atoms with Crippen LogP contribution in [0.2, 0.25) is 0 Å². The smallest absolute Gasteiger partial charge is 0.269 e. The van der Waals surface area contributed by atoms with Gasteiger partial charge in [-0.2, -0.15) is 0 Å². The summed E-state index contributed by atoms with van der Waals surface area (Å²) in [6.45, 7) is 0. The van der Waals surface area contributed by atoms with Gasteiger partial charge in [0.2, 0.25) is 5.95 Å². The lowest BCUT2D eigenvalue weighted by molar-refractivity contribution is 0.0958. The largest absolute Gasteiger partial charge is 0.457 e. The van der Waals surface area contributed by atoms with Crippen molar-refractivity contribution in [1.82, 2.24) is 20.3 Å². The van der Waals surface area contributed by atoms with Crippen LogP contribution >= 0.6 is 0 Å². The number of fused-ring (bicyclic) bond motifs is 1. The second kappa shape index (κ2) is 6.27. The van der Waals surface area contributed by atoms with Crippen LogP contribution in [0.4, 0.5) is 5.95 Å². The number of hydrogen-bond acceptors (Lipinski definition) is 6. The Bertz CT molecular complexity index is 866. The highest BCUT2D eigenvalue weighted by Gasteiger charge is 2.07. The first-order chi connectivity index (χ1) is 11.2. The molecule has 3 aromatic rings. The number of pyridine rings is 1. The summed E-state index contributed by atoms with van der Waals surface area (Å²) in [7, 11) is 3.33. The van der Waals surface area contributed by atoms with E-state index in [1.165, 1.54) is 6.20 Å². The van der Waals surface area contributed by atoms with Crippen molar-refractivity contribution in [1.29, 1.82) is 0 Å². The third-order valence-corrected chi connectivity index (χ3v) is 3.20. The van der Waals surface area contributed by atoms with E-state index in [-0.39, 0.29) is 5.91 Å². The van der Waals surface area contributed by atoms with Gasteiger partial charge in [0.05, 0.1) is 5.52 Å². The molecule has 23 heavy (non-hydrogen) atoms. The summed E-state index contributed by atoms with van der Waals surface area (Å²) in [4.78, 5) is 24.1. The molecule has 0 radical (unpaired) electrons. The number of hydrogen-bond donors (Lipinski definition) is 2. The van der Waals surface area contributed by atoms with Gasteiger partial charge in [0, 0.05) is 37.9 Å². The Hall–Kier alpha value is -3.22. The number of carbonyl (C=O) groups excluding carboxylic acids is 1. The maximum Gasteiger partial charge on any atom is 0.269 e. The van der Waals surface area contributed by atoms with E-state index >= 15 is 0 Å². The normalized spacial score (nSPS) is 10.3. The summed E-state index contributed by atoms with van der Waals surface area (Å²) in [5, 5.41) is 6.29. The van der Waals surface area contributed by atoms with E-state index in [2.05, 4.69) is 25.6 Å². The first-order valence-corrected chi connectivity index (χ1v) is 7.00. The molecule has 0 spiro atoms. The molecule has 2 aromatic heterocycles. The van der Waals surface area contributed by atoms with Crippen LogP contribution in [-0.4, -0.2) is 35.0 Å². The molecule has 116 valence electrons. The Balaban J connectivity index is 1.88. The van der Waals surface area contributed by atoms with E-state index < -0.39 is 0 Å². The Morgan fingerprint density at radius 2 is 1.91 bits per heavy atom. The van der Waals surface area contributed by atoms with Gasteiger partial charge in [0.1, 0.15) is 17.2 Å². The summed E-state index contributed by atoms with van der Waals surface area (Å²) in [6, 6.07) is 8.79. The first kappa shape index (κ1) is 14.7. The topological polar surface area (TPSA) is 89.0 Å². The monoisotopic (exact) mass is 309 g/mol. The molecule has 1 aromatic carbocycles. The molecule has 3 rings (SSSR count). The molecule has 7 heteroatoms. The van der Waals surface area contributed by atoms with Crippen molar-refractivity contribution < 1.29 is 9.53 Å². The van der Waals surface area contributed by atoms with Gasteiger partial charge in [-0.25, -0.2) is 9.97 Å². The molecule has 0 bridgehead atoms. The van der Waals surface area contributed by atoms with Crippen LogP contribution in [0.1, 0.15) is 10.5 Å². The van der Waals surface area contributed by atoms with E-state index in [4.69, 9.17) is 4.74 Å². The Kier molecular flexibility index (Phi) is 4.01. The molecule has 0 aliphatic rings. The Morgan fingerprint density at radius 1 is 1.09 bits per heavy atom. The first-order valence-electron chi connectivity index (χ1n) is 7.00. The van der Waals surface area contributed by atoms with Gasteiger partial charge in [-0.1, -0.05) is 0 Å². The third-order valence-electron chi connectivity index (χ3n) is 3.20. The van der Waals surface area contributed by atoms with Crippen molar-refractivity contribution >= 4 is 22.8 Å². The molecule has 0 aliphatic carbocycles. The van der Waals surface area contributed by atoms with Crippen molar-refractivity contribution in [2.75, 3.05) is 19.4 Å². The summed E-state index contributed by atoms with van der Waals surface area (Å²) in [6.07, 6.45) is 3.26. The van der Waals surface area contributed by atoms with Gasteiger partial charge in [0.15, 0.2) is 0 Å².